The highest BCUT2D eigenvalue weighted by atomic mass is 32.1. The molecular formula is C14H27N3S. The Balaban J connectivity index is 2.89. The van der Waals surface area contributed by atoms with Crippen molar-refractivity contribution in [3.63, 3.8) is 0 Å². The summed E-state index contributed by atoms with van der Waals surface area (Å²) in [6.45, 7) is 12.3. The zero-order valence-corrected chi connectivity index (χ0v) is 13.2. The molecule has 0 amide bonds. The fraction of sp³-hybridized carbons (Fsp3) is 0.857. The average Bonchev–Trinajstić information content (AvgIpc) is 2.79. The van der Waals surface area contributed by atoms with E-state index in [2.05, 4.69) is 49.5 Å². The molecule has 0 aliphatic carbocycles. The molecule has 2 atom stereocenters. The van der Waals surface area contributed by atoms with Crippen LogP contribution in [0.25, 0.3) is 0 Å². The van der Waals surface area contributed by atoms with Gasteiger partial charge in [-0.1, -0.05) is 45.5 Å². The van der Waals surface area contributed by atoms with E-state index >= 15 is 0 Å². The Kier molecular flexibility index (Phi) is 6.79. The first kappa shape index (κ1) is 15.6. The summed E-state index contributed by atoms with van der Waals surface area (Å²) >= 11 is 1.57. The van der Waals surface area contributed by atoms with Crippen LogP contribution in [-0.2, 0) is 0 Å². The number of hydrogen-bond donors (Lipinski definition) is 1. The van der Waals surface area contributed by atoms with Crippen molar-refractivity contribution in [1.82, 2.24) is 14.9 Å². The van der Waals surface area contributed by atoms with Crippen molar-refractivity contribution in [2.24, 2.45) is 5.92 Å². The highest BCUT2D eigenvalue weighted by Crippen LogP contribution is 2.32. The van der Waals surface area contributed by atoms with Crippen LogP contribution in [0.3, 0.4) is 0 Å². The van der Waals surface area contributed by atoms with Crippen LogP contribution in [0, 0.1) is 5.92 Å². The Bertz CT molecular complexity index is 336. The molecule has 0 radical (unpaired) electrons. The Morgan fingerprint density at radius 1 is 1.17 bits per heavy atom. The van der Waals surface area contributed by atoms with Crippen LogP contribution in [0.5, 0.6) is 0 Å². The van der Waals surface area contributed by atoms with Crippen LogP contribution >= 0.6 is 11.5 Å². The summed E-state index contributed by atoms with van der Waals surface area (Å²) in [5, 5.41) is 8.00. The normalized spacial score (nSPS) is 15.0. The van der Waals surface area contributed by atoms with Crippen LogP contribution < -0.4 is 5.32 Å². The lowest BCUT2D eigenvalue weighted by Gasteiger charge is -2.25. The topological polar surface area (TPSA) is 37.8 Å². The highest BCUT2D eigenvalue weighted by molar-refractivity contribution is 7.05. The lowest BCUT2D eigenvalue weighted by atomic mass is 9.93. The maximum Gasteiger partial charge on any atom is 0.0829 e. The summed E-state index contributed by atoms with van der Waals surface area (Å²) in [5.41, 5.74) is 1.18. The molecule has 0 aromatic carbocycles. The SMILES string of the molecule is CCCNC(c1snnc1C(C)C)C(C)CCC. The molecule has 0 aliphatic heterocycles. The van der Waals surface area contributed by atoms with E-state index in [0.717, 1.165) is 6.54 Å². The lowest BCUT2D eigenvalue weighted by molar-refractivity contribution is 0.365. The quantitative estimate of drug-likeness (QED) is 0.771. The number of nitrogens with one attached hydrogen (secondary N) is 1. The van der Waals surface area contributed by atoms with E-state index in [9.17, 15) is 0 Å². The zero-order chi connectivity index (χ0) is 13.5. The molecular weight excluding hydrogens is 242 g/mol. The van der Waals surface area contributed by atoms with Crippen molar-refractivity contribution in [3.05, 3.63) is 10.6 Å². The monoisotopic (exact) mass is 269 g/mol. The van der Waals surface area contributed by atoms with Gasteiger partial charge in [-0.25, -0.2) is 0 Å². The van der Waals surface area contributed by atoms with Crippen LogP contribution in [0.15, 0.2) is 0 Å². The minimum atomic E-state index is 0.419. The first-order chi connectivity index (χ1) is 8.61. The van der Waals surface area contributed by atoms with Crippen LogP contribution in [0.2, 0.25) is 0 Å². The van der Waals surface area contributed by atoms with Crippen molar-refractivity contribution in [2.45, 2.75) is 65.8 Å². The number of rotatable bonds is 8. The Labute approximate surface area is 116 Å². The van der Waals surface area contributed by atoms with E-state index in [0.29, 0.717) is 17.9 Å². The Morgan fingerprint density at radius 2 is 1.89 bits per heavy atom. The predicted octanol–water partition coefficient (Wildman–Crippen LogP) is 4.14. The number of nitrogens with zero attached hydrogens (tertiary/aromatic N) is 2. The smallest absolute Gasteiger partial charge is 0.0829 e. The second-order valence-electron chi connectivity index (χ2n) is 5.37. The molecule has 1 rings (SSSR count). The van der Waals surface area contributed by atoms with Gasteiger partial charge in [0, 0.05) is 6.04 Å². The average molecular weight is 269 g/mol. The molecule has 1 N–H and O–H groups in total. The maximum absolute atomic E-state index is 4.32. The Morgan fingerprint density at radius 3 is 2.44 bits per heavy atom. The van der Waals surface area contributed by atoms with E-state index in [-0.39, 0.29) is 0 Å². The lowest BCUT2D eigenvalue weighted by Crippen LogP contribution is -2.28. The third-order valence-electron chi connectivity index (χ3n) is 3.30. The molecule has 0 aliphatic rings. The first-order valence-electron chi connectivity index (χ1n) is 7.17. The standard InChI is InChI=1S/C14H27N3S/c1-6-8-11(5)13(15-9-7-2)14-12(10(3)4)16-17-18-14/h10-11,13,15H,6-9H2,1-5H3. The van der Waals surface area contributed by atoms with Crippen molar-refractivity contribution < 1.29 is 0 Å². The minimum Gasteiger partial charge on any atom is -0.309 e. The van der Waals surface area contributed by atoms with Gasteiger partial charge in [-0.2, -0.15) is 0 Å². The summed E-state index contributed by atoms with van der Waals surface area (Å²) in [4.78, 5) is 1.35. The second kappa shape index (κ2) is 7.85. The zero-order valence-electron chi connectivity index (χ0n) is 12.4. The molecule has 2 unspecified atom stereocenters. The summed E-state index contributed by atoms with van der Waals surface area (Å²) in [6, 6.07) is 0.419. The fourth-order valence-corrected chi connectivity index (χ4v) is 3.31. The molecule has 104 valence electrons. The molecule has 0 fully saturated rings. The summed E-state index contributed by atoms with van der Waals surface area (Å²) in [6.07, 6.45) is 3.64. The second-order valence-corrected chi connectivity index (χ2v) is 6.16. The molecule has 18 heavy (non-hydrogen) atoms. The summed E-state index contributed by atoms with van der Waals surface area (Å²) in [5.74, 6) is 1.10. The van der Waals surface area contributed by atoms with Gasteiger partial charge in [0.15, 0.2) is 0 Å². The molecule has 1 aromatic rings. The minimum absolute atomic E-state index is 0.419. The van der Waals surface area contributed by atoms with Crippen molar-refractivity contribution >= 4 is 11.5 Å². The largest absolute Gasteiger partial charge is 0.309 e. The van der Waals surface area contributed by atoms with Crippen LogP contribution in [0.1, 0.15) is 76.4 Å². The Hall–Kier alpha value is -0.480. The molecule has 1 heterocycles. The number of aromatic nitrogens is 2. The summed E-state index contributed by atoms with van der Waals surface area (Å²) in [7, 11) is 0. The van der Waals surface area contributed by atoms with E-state index < -0.39 is 0 Å². The van der Waals surface area contributed by atoms with Crippen molar-refractivity contribution in [1.29, 1.82) is 0 Å². The van der Waals surface area contributed by atoms with Crippen molar-refractivity contribution in [2.75, 3.05) is 6.54 Å². The van der Waals surface area contributed by atoms with Crippen LogP contribution in [-0.4, -0.2) is 16.1 Å². The fourth-order valence-electron chi connectivity index (χ4n) is 2.29. The van der Waals surface area contributed by atoms with Gasteiger partial charge in [0.2, 0.25) is 0 Å². The van der Waals surface area contributed by atoms with Crippen LogP contribution in [0.4, 0.5) is 0 Å². The summed E-state index contributed by atoms with van der Waals surface area (Å²) < 4.78 is 4.17. The molecule has 0 spiro atoms. The molecule has 1 aromatic heterocycles. The van der Waals surface area contributed by atoms with Gasteiger partial charge < -0.3 is 5.32 Å². The van der Waals surface area contributed by atoms with Gasteiger partial charge in [0.05, 0.1) is 10.6 Å². The van der Waals surface area contributed by atoms with E-state index in [1.807, 2.05) is 0 Å². The highest BCUT2D eigenvalue weighted by Gasteiger charge is 2.25. The van der Waals surface area contributed by atoms with Gasteiger partial charge >= 0.3 is 0 Å². The molecule has 3 nitrogen and oxygen atoms in total. The predicted molar refractivity (Wildman–Crippen MR) is 79.1 cm³/mol. The molecule has 0 saturated heterocycles. The third-order valence-corrected chi connectivity index (χ3v) is 4.12. The van der Waals surface area contributed by atoms with Gasteiger partial charge in [0.25, 0.3) is 0 Å². The van der Waals surface area contributed by atoms with Gasteiger partial charge in [0.1, 0.15) is 0 Å². The van der Waals surface area contributed by atoms with Gasteiger partial charge in [-0.15, -0.1) is 5.10 Å². The van der Waals surface area contributed by atoms with Gasteiger partial charge in [-0.05, 0) is 42.8 Å². The third kappa shape index (κ3) is 4.02. The molecule has 4 heteroatoms. The van der Waals surface area contributed by atoms with Gasteiger partial charge in [-0.3, -0.25) is 0 Å². The first-order valence-corrected chi connectivity index (χ1v) is 7.94. The van der Waals surface area contributed by atoms with E-state index in [1.54, 1.807) is 11.5 Å². The molecule has 0 bridgehead atoms. The van der Waals surface area contributed by atoms with E-state index in [4.69, 9.17) is 0 Å². The van der Waals surface area contributed by atoms with Crippen molar-refractivity contribution in [3.8, 4) is 0 Å². The maximum atomic E-state index is 4.32. The molecule has 0 saturated carbocycles. The number of hydrogen-bond acceptors (Lipinski definition) is 4. The van der Waals surface area contributed by atoms with E-state index in [1.165, 1.54) is 29.8 Å².